The van der Waals surface area contributed by atoms with Gasteiger partial charge in [0.15, 0.2) is 6.61 Å². The largest absolute Gasteiger partial charge is 0.484 e. The molecule has 6 heteroatoms. The van der Waals surface area contributed by atoms with Gasteiger partial charge in [-0.3, -0.25) is 9.59 Å². The summed E-state index contributed by atoms with van der Waals surface area (Å²) in [5, 5.41) is 3.36. The van der Waals surface area contributed by atoms with Crippen molar-refractivity contribution < 1.29 is 14.3 Å². The minimum atomic E-state index is -0.478. The summed E-state index contributed by atoms with van der Waals surface area (Å²) < 4.78 is 5.49. The molecule has 1 aliphatic carbocycles. The smallest absolute Gasteiger partial charge is 0.262 e. The highest BCUT2D eigenvalue weighted by Crippen LogP contribution is 2.37. The van der Waals surface area contributed by atoms with E-state index >= 15 is 0 Å². The zero-order valence-corrected chi connectivity index (χ0v) is 15.1. The third-order valence-corrected chi connectivity index (χ3v) is 5.52. The number of fused-ring (bicyclic) bond motifs is 1. The number of thiophene rings is 1. The molecule has 0 saturated heterocycles. The predicted molar refractivity (Wildman–Crippen MR) is 99.4 cm³/mol. The molecule has 0 saturated carbocycles. The van der Waals surface area contributed by atoms with Gasteiger partial charge in [-0.05, 0) is 50.3 Å². The highest BCUT2D eigenvalue weighted by atomic mass is 32.1. The topological polar surface area (TPSA) is 81.4 Å². The fourth-order valence-electron chi connectivity index (χ4n) is 3.04. The highest BCUT2D eigenvalue weighted by molar-refractivity contribution is 7.17. The van der Waals surface area contributed by atoms with Crippen LogP contribution in [-0.4, -0.2) is 18.4 Å². The molecular formula is C19H22N2O3S. The molecule has 2 aromatic rings. The number of anilines is 1. The van der Waals surface area contributed by atoms with E-state index in [1.165, 1.54) is 16.2 Å². The van der Waals surface area contributed by atoms with E-state index in [0.29, 0.717) is 16.3 Å². The lowest BCUT2D eigenvalue weighted by atomic mass is 10.1. The number of benzene rings is 1. The van der Waals surface area contributed by atoms with Crippen LogP contribution in [0.4, 0.5) is 5.00 Å². The number of hydrogen-bond donors (Lipinski definition) is 2. The number of nitrogens with one attached hydrogen (secondary N) is 1. The second-order valence-electron chi connectivity index (χ2n) is 6.28. The predicted octanol–water partition coefficient (Wildman–Crippen LogP) is 3.44. The van der Waals surface area contributed by atoms with Gasteiger partial charge in [0.2, 0.25) is 0 Å². The number of nitrogens with two attached hydrogens (primary N) is 1. The van der Waals surface area contributed by atoms with E-state index in [-0.39, 0.29) is 12.5 Å². The molecule has 0 aliphatic heterocycles. The fraction of sp³-hybridized carbons (Fsp3) is 0.368. The Labute approximate surface area is 151 Å². The number of primary amides is 1. The Morgan fingerprint density at radius 2 is 1.88 bits per heavy atom. The summed E-state index contributed by atoms with van der Waals surface area (Å²) in [6.45, 7) is 1.88. The van der Waals surface area contributed by atoms with Crippen LogP contribution in [0.5, 0.6) is 5.75 Å². The first-order chi connectivity index (χ1) is 12.0. The molecule has 132 valence electrons. The van der Waals surface area contributed by atoms with Crippen molar-refractivity contribution in [3.63, 3.8) is 0 Å². The first kappa shape index (κ1) is 17.5. The zero-order valence-electron chi connectivity index (χ0n) is 14.3. The number of ether oxygens (including phenoxy) is 1. The Morgan fingerprint density at radius 3 is 2.60 bits per heavy atom. The minimum absolute atomic E-state index is 0.107. The zero-order chi connectivity index (χ0) is 17.8. The van der Waals surface area contributed by atoms with E-state index in [1.54, 1.807) is 0 Å². The lowest BCUT2D eigenvalue weighted by molar-refractivity contribution is -0.118. The second-order valence-corrected chi connectivity index (χ2v) is 7.39. The van der Waals surface area contributed by atoms with E-state index in [2.05, 4.69) is 5.32 Å². The number of carbonyl (C=O) groups excluding carboxylic acids is 2. The van der Waals surface area contributed by atoms with Crippen molar-refractivity contribution in [2.75, 3.05) is 11.9 Å². The van der Waals surface area contributed by atoms with Crippen molar-refractivity contribution >= 4 is 28.2 Å². The summed E-state index contributed by atoms with van der Waals surface area (Å²) in [5.41, 5.74) is 8.20. The Hall–Kier alpha value is -2.34. The van der Waals surface area contributed by atoms with Crippen molar-refractivity contribution in [3.8, 4) is 5.75 Å². The number of hydrogen-bond acceptors (Lipinski definition) is 4. The van der Waals surface area contributed by atoms with Gasteiger partial charge in [0, 0.05) is 4.88 Å². The molecular weight excluding hydrogens is 336 g/mol. The quantitative estimate of drug-likeness (QED) is 0.803. The van der Waals surface area contributed by atoms with Crippen LogP contribution >= 0.6 is 11.3 Å². The van der Waals surface area contributed by atoms with E-state index in [0.717, 1.165) is 43.2 Å². The number of amides is 2. The van der Waals surface area contributed by atoms with Crippen LogP contribution in [0.2, 0.25) is 0 Å². The maximum Gasteiger partial charge on any atom is 0.262 e. The van der Waals surface area contributed by atoms with Crippen LogP contribution in [0.15, 0.2) is 24.3 Å². The molecule has 0 fully saturated rings. The molecule has 0 bridgehead atoms. The monoisotopic (exact) mass is 358 g/mol. The first-order valence-corrected chi connectivity index (χ1v) is 9.30. The normalized spacial score (nSPS) is 13.6. The molecule has 1 aromatic heterocycles. The molecule has 2 amide bonds. The van der Waals surface area contributed by atoms with Crippen molar-refractivity contribution in [3.05, 3.63) is 45.8 Å². The summed E-state index contributed by atoms with van der Waals surface area (Å²) >= 11 is 1.47. The molecule has 3 rings (SSSR count). The summed E-state index contributed by atoms with van der Waals surface area (Å²) in [7, 11) is 0. The van der Waals surface area contributed by atoms with Crippen molar-refractivity contribution in [2.45, 2.75) is 39.0 Å². The average molecular weight is 358 g/mol. The summed E-state index contributed by atoms with van der Waals surface area (Å²) in [4.78, 5) is 25.3. The summed E-state index contributed by atoms with van der Waals surface area (Å²) in [6, 6.07) is 7.50. The standard InChI is InChI=1S/C19H22N2O3S/c1-12-7-9-13(10-8-12)24-11-16(22)21-19-17(18(20)23)14-5-3-2-4-6-15(14)25-19/h7-10H,2-6,11H2,1H3,(H2,20,23)(H,21,22). The average Bonchev–Trinajstić information content (AvgIpc) is 2.75. The summed E-state index contributed by atoms with van der Waals surface area (Å²) in [6.07, 6.45) is 5.10. The SMILES string of the molecule is Cc1ccc(OCC(=O)Nc2sc3c(c2C(N)=O)CCCCC3)cc1. The van der Waals surface area contributed by atoms with Crippen molar-refractivity contribution in [1.29, 1.82) is 0 Å². The molecule has 0 radical (unpaired) electrons. The Balaban J connectivity index is 1.70. The van der Waals surface area contributed by atoms with Crippen molar-refractivity contribution in [1.82, 2.24) is 0 Å². The Kier molecular flexibility index (Phi) is 5.38. The van der Waals surface area contributed by atoms with Gasteiger partial charge in [-0.2, -0.15) is 0 Å². The fourth-order valence-corrected chi connectivity index (χ4v) is 4.35. The first-order valence-electron chi connectivity index (χ1n) is 8.48. The van der Waals surface area contributed by atoms with Crippen LogP contribution in [0.3, 0.4) is 0 Å². The van der Waals surface area contributed by atoms with Gasteiger partial charge in [-0.15, -0.1) is 11.3 Å². The van der Waals surface area contributed by atoms with E-state index < -0.39 is 5.91 Å². The summed E-state index contributed by atoms with van der Waals surface area (Å²) in [5.74, 6) is -0.133. The minimum Gasteiger partial charge on any atom is -0.484 e. The van der Waals surface area contributed by atoms with Crippen LogP contribution in [0.25, 0.3) is 0 Å². The molecule has 1 aliphatic rings. The van der Waals surface area contributed by atoms with Gasteiger partial charge >= 0.3 is 0 Å². The van der Waals surface area contributed by atoms with Crippen molar-refractivity contribution in [2.24, 2.45) is 5.73 Å². The van der Waals surface area contributed by atoms with Crippen LogP contribution < -0.4 is 15.8 Å². The van der Waals surface area contributed by atoms with Gasteiger partial charge in [-0.1, -0.05) is 24.1 Å². The Morgan fingerprint density at radius 1 is 1.16 bits per heavy atom. The molecule has 3 N–H and O–H groups in total. The van der Waals surface area contributed by atoms with E-state index in [4.69, 9.17) is 10.5 Å². The number of rotatable bonds is 5. The third-order valence-electron chi connectivity index (χ3n) is 4.31. The van der Waals surface area contributed by atoms with Crippen LogP contribution in [0.1, 0.15) is 45.6 Å². The van der Waals surface area contributed by atoms with Gasteiger partial charge in [0.05, 0.1) is 5.56 Å². The van der Waals surface area contributed by atoms with Crippen LogP contribution in [-0.2, 0) is 17.6 Å². The lowest BCUT2D eigenvalue weighted by Gasteiger charge is -2.08. The molecule has 0 unspecified atom stereocenters. The maximum atomic E-state index is 12.2. The molecule has 5 nitrogen and oxygen atoms in total. The van der Waals surface area contributed by atoms with Gasteiger partial charge in [0.25, 0.3) is 11.8 Å². The van der Waals surface area contributed by atoms with Gasteiger partial charge in [0.1, 0.15) is 10.8 Å². The lowest BCUT2D eigenvalue weighted by Crippen LogP contribution is -2.22. The van der Waals surface area contributed by atoms with Gasteiger partial charge < -0.3 is 15.8 Å². The molecule has 0 atom stereocenters. The maximum absolute atomic E-state index is 12.2. The van der Waals surface area contributed by atoms with E-state index in [9.17, 15) is 9.59 Å². The van der Waals surface area contributed by atoms with E-state index in [1.807, 2.05) is 31.2 Å². The van der Waals surface area contributed by atoms with Crippen LogP contribution in [0, 0.1) is 6.92 Å². The molecule has 25 heavy (non-hydrogen) atoms. The third kappa shape index (κ3) is 4.20. The number of aryl methyl sites for hydroxylation is 2. The Bertz CT molecular complexity index is 781. The van der Waals surface area contributed by atoms with Gasteiger partial charge in [-0.25, -0.2) is 0 Å². The second kappa shape index (κ2) is 7.70. The molecule has 1 aromatic carbocycles. The molecule has 0 spiro atoms. The number of carbonyl (C=O) groups is 2. The molecule has 1 heterocycles. The highest BCUT2D eigenvalue weighted by Gasteiger charge is 2.24.